The smallest absolute Gasteiger partial charge is 0.411 e. The molecule has 0 amide bonds. The van der Waals surface area contributed by atoms with E-state index in [1.165, 1.54) is 6.07 Å². The van der Waals surface area contributed by atoms with Gasteiger partial charge in [-0.2, -0.15) is 13.2 Å². The Morgan fingerprint density at radius 3 is 2.50 bits per heavy atom. The Bertz CT molecular complexity index is 461. The summed E-state index contributed by atoms with van der Waals surface area (Å²) in [5, 5.41) is 11.8. The van der Waals surface area contributed by atoms with Crippen LogP contribution in [0.2, 0.25) is 0 Å². The number of halogens is 3. The fourth-order valence-electron chi connectivity index (χ4n) is 1.42. The third kappa shape index (κ3) is 3.58. The first-order chi connectivity index (χ1) is 8.38. The van der Waals surface area contributed by atoms with Gasteiger partial charge >= 0.3 is 6.18 Å². The first-order valence-corrected chi connectivity index (χ1v) is 5.31. The van der Waals surface area contributed by atoms with Gasteiger partial charge in [0.15, 0.2) is 0 Å². The van der Waals surface area contributed by atoms with Crippen LogP contribution in [0, 0.1) is 0 Å². The average Bonchev–Trinajstić information content (AvgIpc) is 2.30. The van der Waals surface area contributed by atoms with Crippen LogP contribution in [0.25, 0.3) is 6.08 Å². The molecule has 1 aromatic heterocycles. The van der Waals surface area contributed by atoms with Gasteiger partial charge in [0.1, 0.15) is 5.69 Å². The van der Waals surface area contributed by atoms with Crippen molar-refractivity contribution in [1.82, 2.24) is 4.98 Å². The molecule has 0 aliphatic heterocycles. The SMILES string of the molecule is CCC(=N\O)/C(C)=C/c1ccc(C(F)(F)F)nc1. The monoisotopic (exact) mass is 258 g/mol. The number of alkyl halides is 3. The molecular weight excluding hydrogens is 245 g/mol. The van der Waals surface area contributed by atoms with E-state index < -0.39 is 11.9 Å². The lowest BCUT2D eigenvalue weighted by Crippen LogP contribution is -2.07. The van der Waals surface area contributed by atoms with Crippen molar-refractivity contribution in [2.24, 2.45) is 5.16 Å². The van der Waals surface area contributed by atoms with Crippen molar-refractivity contribution in [3.63, 3.8) is 0 Å². The first-order valence-electron chi connectivity index (χ1n) is 5.31. The molecule has 0 aliphatic rings. The van der Waals surface area contributed by atoms with E-state index in [1.807, 2.05) is 6.92 Å². The minimum atomic E-state index is -4.43. The number of nitrogens with zero attached hydrogens (tertiary/aromatic N) is 2. The second kappa shape index (κ2) is 5.66. The van der Waals surface area contributed by atoms with E-state index in [0.717, 1.165) is 12.3 Å². The summed E-state index contributed by atoms with van der Waals surface area (Å²) >= 11 is 0. The van der Waals surface area contributed by atoms with Crippen molar-refractivity contribution in [2.75, 3.05) is 0 Å². The van der Waals surface area contributed by atoms with Crippen LogP contribution in [0.1, 0.15) is 31.5 Å². The lowest BCUT2D eigenvalue weighted by atomic mass is 10.1. The van der Waals surface area contributed by atoms with E-state index in [4.69, 9.17) is 5.21 Å². The normalized spacial score (nSPS) is 13.8. The van der Waals surface area contributed by atoms with Gasteiger partial charge in [-0.1, -0.05) is 18.1 Å². The van der Waals surface area contributed by atoms with Crippen LogP contribution in [0.5, 0.6) is 0 Å². The highest BCUT2D eigenvalue weighted by Crippen LogP contribution is 2.27. The molecule has 0 radical (unpaired) electrons. The van der Waals surface area contributed by atoms with Crippen molar-refractivity contribution < 1.29 is 18.4 Å². The third-order valence-electron chi connectivity index (χ3n) is 2.37. The van der Waals surface area contributed by atoms with Crippen LogP contribution >= 0.6 is 0 Å². The van der Waals surface area contributed by atoms with E-state index in [1.54, 1.807) is 13.0 Å². The molecule has 3 nitrogen and oxygen atoms in total. The van der Waals surface area contributed by atoms with Crippen LogP contribution in [0.4, 0.5) is 13.2 Å². The average molecular weight is 258 g/mol. The predicted octanol–water partition coefficient (Wildman–Crippen LogP) is 3.74. The standard InChI is InChI=1S/C12H13F3N2O/c1-3-10(17-18)8(2)6-9-4-5-11(16-7-9)12(13,14)15/h4-7,18H,3H2,1-2H3/b8-6+,17-10+. The van der Waals surface area contributed by atoms with Crippen LogP contribution in [0.3, 0.4) is 0 Å². The highest BCUT2D eigenvalue weighted by Gasteiger charge is 2.31. The van der Waals surface area contributed by atoms with Gasteiger partial charge in [-0.3, -0.25) is 4.98 Å². The highest BCUT2D eigenvalue weighted by molar-refractivity contribution is 6.02. The number of hydrogen-bond donors (Lipinski definition) is 1. The van der Waals surface area contributed by atoms with Gasteiger partial charge in [-0.25, -0.2) is 0 Å². The second-order valence-corrected chi connectivity index (χ2v) is 3.70. The van der Waals surface area contributed by atoms with E-state index in [9.17, 15) is 13.2 Å². The number of hydrogen-bond acceptors (Lipinski definition) is 3. The number of rotatable bonds is 3. The van der Waals surface area contributed by atoms with Crippen molar-refractivity contribution in [2.45, 2.75) is 26.4 Å². The molecule has 0 bridgehead atoms. The zero-order valence-electron chi connectivity index (χ0n) is 9.99. The molecule has 1 N–H and O–H groups in total. The van der Waals surface area contributed by atoms with E-state index in [2.05, 4.69) is 10.1 Å². The van der Waals surface area contributed by atoms with Crippen molar-refractivity contribution in [3.05, 3.63) is 35.2 Å². The van der Waals surface area contributed by atoms with Gasteiger partial charge in [0.25, 0.3) is 0 Å². The molecule has 0 spiro atoms. The third-order valence-corrected chi connectivity index (χ3v) is 2.37. The van der Waals surface area contributed by atoms with Crippen molar-refractivity contribution >= 4 is 11.8 Å². The maximum Gasteiger partial charge on any atom is 0.433 e. The Balaban J connectivity index is 2.97. The molecule has 0 fully saturated rings. The Labute approximate surface area is 103 Å². The molecule has 0 atom stereocenters. The minimum Gasteiger partial charge on any atom is -0.411 e. The molecule has 0 unspecified atom stereocenters. The summed E-state index contributed by atoms with van der Waals surface area (Å²) in [6.07, 6.45) is -1.14. The van der Waals surface area contributed by atoms with Gasteiger partial charge in [-0.15, -0.1) is 0 Å². The summed E-state index contributed by atoms with van der Waals surface area (Å²) in [6.45, 7) is 3.54. The summed E-state index contributed by atoms with van der Waals surface area (Å²) in [7, 11) is 0. The van der Waals surface area contributed by atoms with Gasteiger partial charge < -0.3 is 5.21 Å². The Morgan fingerprint density at radius 1 is 1.44 bits per heavy atom. The summed E-state index contributed by atoms with van der Waals surface area (Å²) in [5.41, 5.74) is 0.760. The Hall–Kier alpha value is -1.85. The van der Waals surface area contributed by atoms with Crippen LogP contribution in [0.15, 0.2) is 29.1 Å². The van der Waals surface area contributed by atoms with Crippen molar-refractivity contribution in [3.8, 4) is 0 Å². The van der Waals surface area contributed by atoms with Gasteiger partial charge in [0, 0.05) is 6.20 Å². The Kier molecular flexibility index (Phi) is 4.47. The zero-order chi connectivity index (χ0) is 13.8. The predicted molar refractivity (Wildman–Crippen MR) is 62.4 cm³/mol. The zero-order valence-corrected chi connectivity index (χ0v) is 9.99. The van der Waals surface area contributed by atoms with E-state index in [0.29, 0.717) is 23.3 Å². The molecule has 98 valence electrons. The topological polar surface area (TPSA) is 45.5 Å². The molecular formula is C12H13F3N2O. The van der Waals surface area contributed by atoms with E-state index in [-0.39, 0.29) is 0 Å². The molecule has 0 saturated carbocycles. The molecule has 1 heterocycles. The summed E-state index contributed by atoms with van der Waals surface area (Å²) in [6, 6.07) is 2.24. The van der Waals surface area contributed by atoms with Crippen LogP contribution in [-0.2, 0) is 6.18 Å². The summed E-state index contributed by atoms with van der Waals surface area (Å²) in [5.74, 6) is 0. The number of oxime groups is 1. The number of pyridine rings is 1. The maximum absolute atomic E-state index is 12.3. The molecule has 0 saturated heterocycles. The van der Waals surface area contributed by atoms with Gasteiger partial charge in [-0.05, 0) is 36.6 Å². The summed E-state index contributed by atoms with van der Waals surface area (Å²) < 4.78 is 36.9. The van der Waals surface area contributed by atoms with Gasteiger partial charge in [0.2, 0.25) is 0 Å². The number of aromatic nitrogens is 1. The maximum atomic E-state index is 12.3. The molecule has 6 heteroatoms. The first kappa shape index (κ1) is 14.2. The Morgan fingerprint density at radius 2 is 2.11 bits per heavy atom. The van der Waals surface area contributed by atoms with Crippen molar-refractivity contribution in [1.29, 1.82) is 0 Å². The van der Waals surface area contributed by atoms with E-state index >= 15 is 0 Å². The quantitative estimate of drug-likeness (QED) is 0.510. The molecule has 0 aromatic carbocycles. The second-order valence-electron chi connectivity index (χ2n) is 3.70. The lowest BCUT2D eigenvalue weighted by Gasteiger charge is -2.05. The lowest BCUT2D eigenvalue weighted by molar-refractivity contribution is -0.141. The van der Waals surface area contributed by atoms with Crippen LogP contribution in [-0.4, -0.2) is 15.9 Å². The fraction of sp³-hybridized carbons (Fsp3) is 0.333. The fourth-order valence-corrected chi connectivity index (χ4v) is 1.42. The minimum absolute atomic E-state index is 0.481. The molecule has 18 heavy (non-hydrogen) atoms. The molecule has 1 aromatic rings. The molecule has 1 rings (SSSR count). The van der Waals surface area contributed by atoms with Gasteiger partial charge in [0.05, 0.1) is 5.71 Å². The largest absolute Gasteiger partial charge is 0.433 e. The number of allylic oxidation sites excluding steroid dienone is 1. The molecule has 0 aliphatic carbocycles. The van der Waals surface area contributed by atoms with Crippen LogP contribution < -0.4 is 0 Å². The summed E-state index contributed by atoms with van der Waals surface area (Å²) in [4.78, 5) is 3.34. The highest BCUT2D eigenvalue weighted by atomic mass is 19.4.